The standard InChI is InChI=1S/C21H17BrN2O2S/c1-12(21(25)26)27-20-18(16-8-5-11-23-19(16)24(20)2)15-9-10-17(22)14-7-4-3-6-13(14)15/h3-12H,1-2H3,(H,25,26). The first-order valence-electron chi connectivity index (χ1n) is 8.49. The molecule has 4 aromatic rings. The number of halogens is 1. The number of rotatable bonds is 4. The zero-order chi connectivity index (χ0) is 19.1. The van der Waals surface area contributed by atoms with Gasteiger partial charge in [-0.25, -0.2) is 4.98 Å². The molecule has 4 nitrogen and oxygen atoms in total. The summed E-state index contributed by atoms with van der Waals surface area (Å²) in [6.45, 7) is 1.71. The van der Waals surface area contributed by atoms with Gasteiger partial charge in [0.2, 0.25) is 0 Å². The molecule has 27 heavy (non-hydrogen) atoms. The molecule has 1 unspecified atom stereocenters. The van der Waals surface area contributed by atoms with E-state index in [1.165, 1.54) is 11.8 Å². The monoisotopic (exact) mass is 440 g/mol. The summed E-state index contributed by atoms with van der Waals surface area (Å²) in [6, 6.07) is 16.3. The van der Waals surface area contributed by atoms with Crippen molar-refractivity contribution in [3.63, 3.8) is 0 Å². The molecule has 0 fully saturated rings. The first-order valence-corrected chi connectivity index (χ1v) is 10.2. The third-order valence-corrected chi connectivity index (χ3v) is 6.62. The van der Waals surface area contributed by atoms with Crippen molar-refractivity contribution in [1.29, 1.82) is 0 Å². The highest BCUT2D eigenvalue weighted by Crippen LogP contribution is 2.44. The van der Waals surface area contributed by atoms with Gasteiger partial charge in [0, 0.05) is 28.7 Å². The van der Waals surface area contributed by atoms with Gasteiger partial charge in [-0.05, 0) is 41.5 Å². The lowest BCUT2D eigenvalue weighted by Gasteiger charge is -2.13. The number of carboxylic acids is 1. The predicted octanol–water partition coefficient (Wildman–Crippen LogP) is 5.72. The molecular weight excluding hydrogens is 424 g/mol. The van der Waals surface area contributed by atoms with E-state index in [9.17, 15) is 9.90 Å². The third kappa shape index (κ3) is 3.03. The summed E-state index contributed by atoms with van der Waals surface area (Å²) < 4.78 is 3.03. The smallest absolute Gasteiger partial charge is 0.316 e. The van der Waals surface area contributed by atoms with E-state index < -0.39 is 11.2 Å². The number of hydrogen-bond donors (Lipinski definition) is 1. The molecule has 0 aliphatic rings. The van der Waals surface area contributed by atoms with E-state index >= 15 is 0 Å². The Labute approximate surface area is 169 Å². The molecule has 0 saturated heterocycles. The number of aryl methyl sites for hydroxylation is 1. The van der Waals surface area contributed by atoms with Crippen LogP contribution in [-0.4, -0.2) is 25.9 Å². The van der Waals surface area contributed by atoms with Crippen molar-refractivity contribution in [2.45, 2.75) is 17.2 Å². The second-order valence-corrected chi connectivity index (χ2v) is 8.54. The molecule has 0 saturated carbocycles. The third-order valence-electron chi connectivity index (χ3n) is 4.67. The molecule has 1 N–H and O–H groups in total. The molecule has 0 bridgehead atoms. The molecule has 0 radical (unpaired) electrons. The lowest BCUT2D eigenvalue weighted by molar-refractivity contribution is -0.136. The number of hydrogen-bond acceptors (Lipinski definition) is 3. The molecular formula is C21H17BrN2O2S. The molecule has 0 amide bonds. The summed E-state index contributed by atoms with van der Waals surface area (Å²) in [5.74, 6) is -0.829. The summed E-state index contributed by atoms with van der Waals surface area (Å²) in [4.78, 5) is 16.0. The minimum absolute atomic E-state index is 0.562. The normalized spacial score (nSPS) is 12.6. The van der Waals surface area contributed by atoms with Crippen LogP contribution in [0.15, 0.2) is 64.2 Å². The predicted molar refractivity (Wildman–Crippen MR) is 114 cm³/mol. The van der Waals surface area contributed by atoms with E-state index in [1.807, 2.05) is 41.9 Å². The largest absolute Gasteiger partial charge is 0.480 e. The minimum Gasteiger partial charge on any atom is -0.480 e. The van der Waals surface area contributed by atoms with Gasteiger partial charge in [-0.2, -0.15) is 0 Å². The zero-order valence-electron chi connectivity index (χ0n) is 14.8. The van der Waals surface area contributed by atoms with Crippen LogP contribution in [0.3, 0.4) is 0 Å². The van der Waals surface area contributed by atoms with Crippen LogP contribution in [0.1, 0.15) is 6.92 Å². The summed E-state index contributed by atoms with van der Waals surface area (Å²) in [5.41, 5.74) is 2.95. The molecule has 4 rings (SSSR count). The van der Waals surface area contributed by atoms with E-state index in [1.54, 1.807) is 13.1 Å². The first-order chi connectivity index (χ1) is 13.0. The van der Waals surface area contributed by atoms with Crippen LogP contribution in [0.2, 0.25) is 0 Å². The number of aliphatic carboxylic acids is 1. The van der Waals surface area contributed by atoms with Gasteiger partial charge in [-0.3, -0.25) is 4.79 Å². The molecule has 136 valence electrons. The van der Waals surface area contributed by atoms with Crippen molar-refractivity contribution in [1.82, 2.24) is 9.55 Å². The average Bonchev–Trinajstić information content (AvgIpc) is 2.95. The topological polar surface area (TPSA) is 55.1 Å². The summed E-state index contributed by atoms with van der Waals surface area (Å²) in [7, 11) is 1.94. The quantitative estimate of drug-likeness (QED) is 0.412. The van der Waals surface area contributed by atoms with Gasteiger partial charge >= 0.3 is 5.97 Å². The molecule has 2 aromatic heterocycles. The van der Waals surface area contributed by atoms with Crippen molar-refractivity contribution in [2.24, 2.45) is 7.05 Å². The molecule has 2 heterocycles. The highest BCUT2D eigenvalue weighted by atomic mass is 79.9. The Hall–Kier alpha value is -2.31. The van der Waals surface area contributed by atoms with Crippen LogP contribution in [0.25, 0.3) is 32.9 Å². The number of carbonyl (C=O) groups is 1. The maximum absolute atomic E-state index is 11.5. The molecule has 1 atom stereocenters. The molecule has 6 heteroatoms. The van der Waals surface area contributed by atoms with Gasteiger partial charge in [0.1, 0.15) is 10.9 Å². The van der Waals surface area contributed by atoms with Gasteiger partial charge in [0.25, 0.3) is 0 Å². The van der Waals surface area contributed by atoms with E-state index in [-0.39, 0.29) is 0 Å². The van der Waals surface area contributed by atoms with E-state index in [0.29, 0.717) is 0 Å². The Morgan fingerprint density at radius 2 is 1.81 bits per heavy atom. The molecule has 0 spiro atoms. The first kappa shape index (κ1) is 18.1. The van der Waals surface area contributed by atoms with Gasteiger partial charge in [0.05, 0.1) is 5.03 Å². The fourth-order valence-corrected chi connectivity index (χ4v) is 4.83. The number of aromatic nitrogens is 2. The van der Waals surface area contributed by atoms with Crippen LogP contribution < -0.4 is 0 Å². The summed E-state index contributed by atoms with van der Waals surface area (Å²) >= 11 is 4.99. The maximum atomic E-state index is 11.5. The van der Waals surface area contributed by atoms with Crippen LogP contribution in [0.4, 0.5) is 0 Å². The number of nitrogens with zero attached hydrogens (tertiary/aromatic N) is 2. The Morgan fingerprint density at radius 3 is 2.56 bits per heavy atom. The van der Waals surface area contributed by atoms with Crippen LogP contribution in [0, 0.1) is 0 Å². The Morgan fingerprint density at radius 1 is 1.11 bits per heavy atom. The van der Waals surface area contributed by atoms with Crippen molar-refractivity contribution in [3.8, 4) is 11.1 Å². The summed E-state index contributed by atoms with van der Waals surface area (Å²) in [6.07, 6.45) is 1.76. The lowest BCUT2D eigenvalue weighted by Crippen LogP contribution is -2.12. The van der Waals surface area contributed by atoms with Crippen LogP contribution >= 0.6 is 27.7 Å². The van der Waals surface area contributed by atoms with E-state index in [4.69, 9.17) is 0 Å². The average molecular weight is 441 g/mol. The highest BCUT2D eigenvalue weighted by Gasteiger charge is 2.23. The van der Waals surface area contributed by atoms with Gasteiger partial charge < -0.3 is 9.67 Å². The van der Waals surface area contributed by atoms with Crippen molar-refractivity contribution >= 4 is 55.5 Å². The Balaban J connectivity index is 2.07. The van der Waals surface area contributed by atoms with E-state index in [0.717, 1.165) is 42.4 Å². The maximum Gasteiger partial charge on any atom is 0.316 e. The Kier molecular flexibility index (Phi) is 4.70. The van der Waals surface area contributed by atoms with E-state index in [2.05, 4.69) is 39.1 Å². The second kappa shape index (κ2) is 7.02. The molecule has 0 aliphatic heterocycles. The SMILES string of the molecule is CC(Sc1c(-c2ccc(Br)c3ccccc23)c2cccnc2n1C)C(=O)O. The lowest BCUT2D eigenvalue weighted by atomic mass is 9.98. The van der Waals surface area contributed by atoms with Crippen LogP contribution in [-0.2, 0) is 11.8 Å². The highest BCUT2D eigenvalue weighted by molar-refractivity contribution is 9.10. The fraction of sp³-hybridized carbons (Fsp3) is 0.143. The fourth-order valence-electron chi connectivity index (χ4n) is 3.33. The van der Waals surface area contributed by atoms with Crippen molar-refractivity contribution < 1.29 is 9.90 Å². The van der Waals surface area contributed by atoms with Gasteiger partial charge in [-0.15, -0.1) is 0 Å². The Bertz CT molecular complexity index is 1190. The number of fused-ring (bicyclic) bond motifs is 2. The van der Waals surface area contributed by atoms with Crippen LogP contribution in [0.5, 0.6) is 0 Å². The van der Waals surface area contributed by atoms with Gasteiger partial charge in [-0.1, -0.05) is 58.0 Å². The van der Waals surface area contributed by atoms with Crippen molar-refractivity contribution in [2.75, 3.05) is 0 Å². The second-order valence-electron chi connectivity index (χ2n) is 6.35. The zero-order valence-corrected chi connectivity index (χ0v) is 17.2. The number of benzene rings is 2. The number of carboxylic acid groups (broad SMARTS) is 1. The molecule has 2 aromatic carbocycles. The summed E-state index contributed by atoms with van der Waals surface area (Å²) in [5, 5.41) is 13.0. The number of thioether (sulfide) groups is 1. The van der Waals surface area contributed by atoms with Crippen molar-refractivity contribution in [3.05, 3.63) is 59.2 Å². The molecule has 0 aliphatic carbocycles. The minimum atomic E-state index is -0.829. The number of pyridine rings is 1. The van der Waals surface area contributed by atoms with Gasteiger partial charge in [0.15, 0.2) is 0 Å².